The van der Waals surface area contributed by atoms with Crippen LogP contribution in [0.3, 0.4) is 0 Å². The number of amides is 1. The molecule has 0 radical (unpaired) electrons. The van der Waals surface area contributed by atoms with Gasteiger partial charge < -0.3 is 5.32 Å². The highest BCUT2D eigenvalue weighted by atomic mass is 79.9. The molecule has 2 heterocycles. The number of carbonyl (C=O) groups is 1. The monoisotopic (exact) mass is 577 g/mol. The van der Waals surface area contributed by atoms with E-state index >= 15 is 0 Å². The SMILES string of the molecule is Cc1nn(Cc2cccc(C(F)(F)F)c2)c(C)c1NC(=O)CCn1nc(C(F)(F)F)c(Br)c1C1CC1. The molecular formula is C23H22BrF6N5O. The van der Waals surface area contributed by atoms with Crippen molar-refractivity contribution in [2.45, 2.75) is 64.5 Å². The van der Waals surface area contributed by atoms with E-state index in [0.717, 1.165) is 25.0 Å². The minimum absolute atomic E-state index is 0.0235. The summed E-state index contributed by atoms with van der Waals surface area (Å²) in [6.45, 7) is 3.35. The average molecular weight is 578 g/mol. The lowest BCUT2D eigenvalue weighted by Gasteiger charge is -2.10. The number of anilines is 1. The van der Waals surface area contributed by atoms with E-state index in [1.165, 1.54) is 15.4 Å². The second kappa shape index (κ2) is 9.56. The van der Waals surface area contributed by atoms with Crippen LogP contribution in [0, 0.1) is 13.8 Å². The van der Waals surface area contributed by atoms with Gasteiger partial charge in [0, 0.05) is 12.3 Å². The van der Waals surface area contributed by atoms with Gasteiger partial charge in [-0.05, 0) is 60.3 Å². The molecule has 1 amide bonds. The smallest absolute Gasteiger partial charge is 0.323 e. The number of carbonyl (C=O) groups excluding carboxylic acids is 1. The quantitative estimate of drug-likeness (QED) is 0.328. The van der Waals surface area contributed by atoms with E-state index in [9.17, 15) is 31.1 Å². The third-order valence-electron chi connectivity index (χ3n) is 5.95. The molecule has 0 bridgehead atoms. The van der Waals surface area contributed by atoms with E-state index in [1.807, 2.05) is 0 Å². The maximum Gasteiger partial charge on any atom is 0.436 e. The Kier molecular flexibility index (Phi) is 6.97. The van der Waals surface area contributed by atoms with E-state index in [4.69, 9.17) is 0 Å². The average Bonchev–Trinajstić information content (AvgIpc) is 3.50. The number of hydrogen-bond acceptors (Lipinski definition) is 3. The Morgan fingerprint density at radius 1 is 1.08 bits per heavy atom. The zero-order valence-electron chi connectivity index (χ0n) is 19.3. The maximum atomic E-state index is 13.3. The van der Waals surface area contributed by atoms with Crippen molar-refractivity contribution in [3.05, 3.63) is 62.6 Å². The fraction of sp³-hybridized carbons (Fsp3) is 0.435. The molecule has 4 rings (SSSR count). The van der Waals surface area contributed by atoms with Gasteiger partial charge in [-0.2, -0.15) is 36.5 Å². The number of nitrogens with zero attached hydrogens (tertiary/aromatic N) is 4. The van der Waals surface area contributed by atoms with Gasteiger partial charge in [0.2, 0.25) is 5.91 Å². The van der Waals surface area contributed by atoms with Crippen LogP contribution in [0.5, 0.6) is 0 Å². The van der Waals surface area contributed by atoms with Crippen LogP contribution in [0.25, 0.3) is 0 Å². The van der Waals surface area contributed by atoms with Gasteiger partial charge in [-0.3, -0.25) is 14.2 Å². The summed E-state index contributed by atoms with van der Waals surface area (Å²) in [5.74, 6) is -0.466. The minimum atomic E-state index is -4.61. The van der Waals surface area contributed by atoms with E-state index < -0.39 is 29.5 Å². The van der Waals surface area contributed by atoms with E-state index in [0.29, 0.717) is 28.3 Å². The van der Waals surface area contributed by atoms with Crippen molar-refractivity contribution >= 4 is 27.5 Å². The lowest BCUT2D eigenvalue weighted by atomic mass is 10.1. The van der Waals surface area contributed by atoms with Crippen LogP contribution in [-0.4, -0.2) is 25.5 Å². The van der Waals surface area contributed by atoms with Crippen molar-refractivity contribution in [1.82, 2.24) is 19.6 Å². The number of nitrogens with one attached hydrogen (secondary N) is 1. The maximum absolute atomic E-state index is 13.3. The highest BCUT2D eigenvalue weighted by Crippen LogP contribution is 2.47. The molecule has 1 aliphatic carbocycles. The lowest BCUT2D eigenvalue weighted by Crippen LogP contribution is -2.17. The number of alkyl halides is 6. The Labute approximate surface area is 210 Å². The molecule has 1 fully saturated rings. The fourth-order valence-electron chi connectivity index (χ4n) is 4.01. The number of halogens is 7. The fourth-order valence-corrected chi connectivity index (χ4v) is 4.84. The molecule has 0 saturated heterocycles. The van der Waals surface area contributed by atoms with E-state index in [1.54, 1.807) is 19.9 Å². The van der Waals surface area contributed by atoms with Gasteiger partial charge in [0.15, 0.2) is 5.69 Å². The second-order valence-electron chi connectivity index (χ2n) is 8.74. The van der Waals surface area contributed by atoms with Crippen LogP contribution < -0.4 is 5.32 Å². The van der Waals surface area contributed by atoms with Gasteiger partial charge >= 0.3 is 12.4 Å². The summed E-state index contributed by atoms with van der Waals surface area (Å²) in [7, 11) is 0. The summed E-state index contributed by atoms with van der Waals surface area (Å²) in [5, 5.41) is 10.8. The molecule has 1 N–H and O–H groups in total. The Bertz CT molecular complexity index is 1290. The van der Waals surface area contributed by atoms with Crippen LogP contribution >= 0.6 is 15.9 Å². The Balaban J connectivity index is 1.46. The van der Waals surface area contributed by atoms with Crippen LogP contribution in [0.1, 0.15) is 59.1 Å². The van der Waals surface area contributed by atoms with Crippen molar-refractivity contribution in [1.29, 1.82) is 0 Å². The van der Waals surface area contributed by atoms with Crippen LogP contribution in [0.4, 0.5) is 32.0 Å². The first-order valence-electron chi connectivity index (χ1n) is 11.1. The molecule has 1 aromatic carbocycles. The third-order valence-corrected chi connectivity index (χ3v) is 6.73. The first-order valence-corrected chi connectivity index (χ1v) is 11.9. The van der Waals surface area contributed by atoms with Crippen molar-refractivity contribution < 1.29 is 31.1 Å². The molecule has 13 heteroatoms. The van der Waals surface area contributed by atoms with Crippen LogP contribution in [-0.2, 0) is 30.2 Å². The molecular weight excluding hydrogens is 556 g/mol. The standard InChI is InChI=1S/C23H22BrF6N5O/c1-12-19(13(2)35(32-12)11-14-4-3-5-16(10-14)22(25,26)27)31-17(36)8-9-34-20(15-6-7-15)18(24)21(33-34)23(28,29)30/h3-5,10,15H,6-9,11H2,1-2H3,(H,31,36). The molecule has 2 aromatic heterocycles. The predicted molar refractivity (Wildman–Crippen MR) is 122 cm³/mol. The normalized spacial score (nSPS) is 14.4. The summed E-state index contributed by atoms with van der Waals surface area (Å²) >= 11 is 3.03. The molecule has 0 atom stereocenters. The highest BCUT2D eigenvalue weighted by molar-refractivity contribution is 9.10. The highest BCUT2D eigenvalue weighted by Gasteiger charge is 2.41. The van der Waals surface area contributed by atoms with Crippen molar-refractivity contribution in [2.24, 2.45) is 0 Å². The minimum Gasteiger partial charge on any atom is -0.323 e. The molecule has 36 heavy (non-hydrogen) atoms. The second-order valence-corrected chi connectivity index (χ2v) is 9.54. The zero-order chi connectivity index (χ0) is 26.4. The largest absolute Gasteiger partial charge is 0.436 e. The van der Waals surface area contributed by atoms with Gasteiger partial charge in [-0.15, -0.1) is 0 Å². The molecule has 1 saturated carbocycles. The molecule has 0 unspecified atom stereocenters. The molecule has 6 nitrogen and oxygen atoms in total. The van der Waals surface area contributed by atoms with Gasteiger partial charge in [0.25, 0.3) is 0 Å². The van der Waals surface area contributed by atoms with Gasteiger partial charge in [-0.1, -0.05) is 12.1 Å². The number of hydrogen-bond donors (Lipinski definition) is 1. The van der Waals surface area contributed by atoms with E-state index in [2.05, 4.69) is 31.4 Å². The van der Waals surface area contributed by atoms with Crippen LogP contribution in [0.15, 0.2) is 28.7 Å². The summed E-state index contributed by atoms with van der Waals surface area (Å²) in [6, 6.07) is 4.91. The van der Waals surface area contributed by atoms with Gasteiger partial charge in [0.05, 0.1) is 45.9 Å². The predicted octanol–water partition coefficient (Wildman–Crippen LogP) is 6.45. The lowest BCUT2D eigenvalue weighted by molar-refractivity contribution is -0.142. The summed E-state index contributed by atoms with van der Waals surface area (Å²) in [6.07, 6.45) is -7.68. The first kappa shape index (κ1) is 26.2. The van der Waals surface area contributed by atoms with Gasteiger partial charge in [-0.25, -0.2) is 0 Å². The molecule has 0 spiro atoms. The zero-order valence-corrected chi connectivity index (χ0v) is 20.9. The molecule has 0 aliphatic heterocycles. The number of benzene rings is 1. The molecule has 194 valence electrons. The Hall–Kier alpha value is -2.83. The topological polar surface area (TPSA) is 64.7 Å². The number of aryl methyl sites for hydroxylation is 2. The number of aromatic nitrogens is 4. The molecule has 1 aliphatic rings. The summed E-state index contributed by atoms with van der Waals surface area (Å²) < 4.78 is 81.6. The van der Waals surface area contributed by atoms with Crippen molar-refractivity contribution in [3.63, 3.8) is 0 Å². The first-order chi connectivity index (χ1) is 16.8. The van der Waals surface area contributed by atoms with Crippen molar-refractivity contribution in [2.75, 3.05) is 5.32 Å². The number of rotatable bonds is 7. The third kappa shape index (κ3) is 5.60. The van der Waals surface area contributed by atoms with Crippen molar-refractivity contribution in [3.8, 4) is 0 Å². The van der Waals surface area contributed by atoms with Gasteiger partial charge in [0.1, 0.15) is 0 Å². The summed E-state index contributed by atoms with van der Waals surface area (Å²) in [5.41, 5.74) is 0.479. The summed E-state index contributed by atoms with van der Waals surface area (Å²) in [4.78, 5) is 12.7. The Morgan fingerprint density at radius 3 is 2.39 bits per heavy atom. The molecule has 3 aromatic rings. The van der Waals surface area contributed by atoms with E-state index in [-0.39, 0.29) is 29.9 Å². The Morgan fingerprint density at radius 2 is 1.78 bits per heavy atom. The van der Waals surface area contributed by atoms with Crippen LogP contribution in [0.2, 0.25) is 0 Å².